The Morgan fingerprint density at radius 3 is 2.71 bits per heavy atom. The second-order valence-electron chi connectivity index (χ2n) is 8.26. The maximum Gasteiger partial charge on any atom is 0.267 e. The number of fused-ring (bicyclic) bond motifs is 1. The van der Waals surface area contributed by atoms with Crippen LogP contribution in [-0.4, -0.2) is 57.9 Å². The molecule has 31 heavy (non-hydrogen) atoms. The van der Waals surface area contributed by atoms with E-state index in [1.165, 1.54) is 21.1 Å². The first kappa shape index (κ1) is 22.0. The Morgan fingerprint density at radius 1 is 1.26 bits per heavy atom. The summed E-state index contributed by atoms with van der Waals surface area (Å²) in [6.07, 6.45) is 4.52. The molecule has 2 unspecified atom stereocenters. The molecule has 2 aliphatic rings. The van der Waals surface area contributed by atoms with Gasteiger partial charge in [-0.15, -0.1) is 0 Å². The van der Waals surface area contributed by atoms with E-state index in [0.29, 0.717) is 51.2 Å². The van der Waals surface area contributed by atoms with Gasteiger partial charge in [-0.2, -0.15) is 0 Å². The van der Waals surface area contributed by atoms with Crippen molar-refractivity contribution in [3.8, 4) is 0 Å². The predicted molar refractivity (Wildman–Crippen MR) is 128 cm³/mol. The highest BCUT2D eigenvalue weighted by atomic mass is 32.2. The molecule has 164 valence electrons. The summed E-state index contributed by atoms with van der Waals surface area (Å²) in [6, 6.07) is 5.50. The number of pyridine rings is 1. The number of methoxy groups -OCH3 is 1. The Kier molecular flexibility index (Phi) is 6.45. The van der Waals surface area contributed by atoms with E-state index >= 15 is 0 Å². The maximum absolute atomic E-state index is 13.4. The van der Waals surface area contributed by atoms with Crippen LogP contribution in [0, 0.1) is 11.8 Å². The first-order chi connectivity index (χ1) is 14.9. The quantitative estimate of drug-likeness (QED) is 0.504. The number of carbonyl (C=O) groups is 1. The van der Waals surface area contributed by atoms with E-state index in [-0.39, 0.29) is 11.5 Å². The summed E-state index contributed by atoms with van der Waals surface area (Å²) in [5, 5.41) is 0. The Hall–Kier alpha value is -2.23. The van der Waals surface area contributed by atoms with Gasteiger partial charge in [0.05, 0.1) is 23.6 Å². The van der Waals surface area contributed by atoms with E-state index in [4.69, 9.17) is 21.9 Å². The Labute approximate surface area is 191 Å². The summed E-state index contributed by atoms with van der Waals surface area (Å²) >= 11 is 6.60. The van der Waals surface area contributed by atoms with Gasteiger partial charge in [0.1, 0.15) is 15.8 Å². The molecule has 0 aromatic carbocycles. The number of hydrogen-bond donors (Lipinski definition) is 0. The summed E-state index contributed by atoms with van der Waals surface area (Å²) in [7, 11) is 1.59. The summed E-state index contributed by atoms with van der Waals surface area (Å²) < 4.78 is 7.09. The second kappa shape index (κ2) is 9.10. The van der Waals surface area contributed by atoms with Gasteiger partial charge in [0.15, 0.2) is 0 Å². The first-order valence-electron chi connectivity index (χ1n) is 10.4. The molecule has 0 saturated carbocycles. The van der Waals surface area contributed by atoms with E-state index < -0.39 is 0 Å². The number of carbonyl (C=O) groups excluding carboxylic acids is 1. The minimum Gasteiger partial charge on any atom is -0.383 e. The van der Waals surface area contributed by atoms with E-state index in [2.05, 4.69) is 18.7 Å². The van der Waals surface area contributed by atoms with Gasteiger partial charge >= 0.3 is 0 Å². The molecule has 0 N–H and O–H groups in total. The number of hydrogen-bond acceptors (Lipinski definition) is 7. The summed E-state index contributed by atoms with van der Waals surface area (Å²) in [5.41, 5.74) is 0.837. The number of piperidine rings is 1. The van der Waals surface area contributed by atoms with Crippen LogP contribution in [0.3, 0.4) is 0 Å². The van der Waals surface area contributed by atoms with Gasteiger partial charge in [0, 0.05) is 26.4 Å². The van der Waals surface area contributed by atoms with Gasteiger partial charge in [-0.05, 0) is 36.5 Å². The third-order valence-corrected chi connectivity index (χ3v) is 6.96. The van der Waals surface area contributed by atoms with Crippen molar-refractivity contribution in [2.45, 2.75) is 20.3 Å². The molecule has 1 amide bonds. The van der Waals surface area contributed by atoms with Gasteiger partial charge in [-0.1, -0.05) is 43.9 Å². The van der Waals surface area contributed by atoms with Crippen LogP contribution in [0.2, 0.25) is 0 Å². The summed E-state index contributed by atoms with van der Waals surface area (Å²) in [4.78, 5) is 35.4. The lowest BCUT2D eigenvalue weighted by Gasteiger charge is -2.36. The number of thioether (sulfide) groups is 1. The highest BCUT2D eigenvalue weighted by molar-refractivity contribution is 8.26. The van der Waals surface area contributed by atoms with Crippen molar-refractivity contribution in [2.75, 3.05) is 38.3 Å². The van der Waals surface area contributed by atoms with Crippen LogP contribution >= 0.6 is 24.0 Å². The number of aromatic nitrogens is 2. The lowest BCUT2D eigenvalue weighted by molar-refractivity contribution is -0.122. The average Bonchev–Trinajstić information content (AvgIpc) is 3.00. The van der Waals surface area contributed by atoms with Crippen molar-refractivity contribution in [1.82, 2.24) is 14.3 Å². The molecule has 9 heteroatoms. The maximum atomic E-state index is 13.4. The normalized spacial score (nSPS) is 23.4. The third-order valence-electron chi connectivity index (χ3n) is 5.59. The van der Waals surface area contributed by atoms with E-state index in [1.807, 2.05) is 12.1 Å². The lowest BCUT2D eigenvalue weighted by atomic mass is 9.91. The average molecular weight is 459 g/mol. The molecule has 2 fully saturated rings. The van der Waals surface area contributed by atoms with Crippen molar-refractivity contribution in [3.63, 3.8) is 0 Å². The fraction of sp³-hybridized carbons (Fsp3) is 0.455. The SMILES string of the molecule is COCCN1C(=O)/C(=C/c2c(N3CC(C)CC(C)C3)nc3ccccn3c2=O)SC1=S. The molecule has 7 nitrogen and oxygen atoms in total. The van der Waals surface area contributed by atoms with Crippen LogP contribution in [0.25, 0.3) is 11.7 Å². The lowest BCUT2D eigenvalue weighted by Crippen LogP contribution is -2.40. The molecule has 0 bridgehead atoms. The van der Waals surface area contributed by atoms with E-state index in [1.54, 1.807) is 25.4 Å². The van der Waals surface area contributed by atoms with Gasteiger partial charge in [0.2, 0.25) is 0 Å². The molecule has 2 aromatic rings. The van der Waals surface area contributed by atoms with E-state index in [0.717, 1.165) is 19.5 Å². The second-order valence-corrected chi connectivity index (χ2v) is 9.94. The number of anilines is 1. The van der Waals surface area contributed by atoms with Crippen LogP contribution in [0.1, 0.15) is 25.8 Å². The van der Waals surface area contributed by atoms with Crippen molar-refractivity contribution < 1.29 is 9.53 Å². The molecule has 0 radical (unpaired) electrons. The molecule has 0 aliphatic carbocycles. The third kappa shape index (κ3) is 4.40. The molecular formula is C22H26N4O3S2. The molecule has 4 heterocycles. The topological polar surface area (TPSA) is 67.2 Å². The number of ether oxygens (including phenoxy) is 1. The van der Waals surface area contributed by atoms with Crippen LogP contribution in [0.15, 0.2) is 34.1 Å². The Balaban J connectivity index is 1.82. The highest BCUT2D eigenvalue weighted by Crippen LogP contribution is 2.34. The number of nitrogens with zero attached hydrogens (tertiary/aromatic N) is 4. The minimum absolute atomic E-state index is 0.186. The predicted octanol–water partition coefficient (Wildman–Crippen LogP) is 3.02. The van der Waals surface area contributed by atoms with Crippen LogP contribution in [0.5, 0.6) is 0 Å². The molecule has 4 rings (SSSR count). The van der Waals surface area contributed by atoms with Crippen molar-refractivity contribution in [3.05, 3.63) is 45.2 Å². The van der Waals surface area contributed by atoms with Gasteiger partial charge in [-0.3, -0.25) is 18.9 Å². The van der Waals surface area contributed by atoms with Gasteiger partial charge in [-0.25, -0.2) is 4.98 Å². The van der Waals surface area contributed by atoms with Crippen LogP contribution in [-0.2, 0) is 9.53 Å². The zero-order chi connectivity index (χ0) is 22.1. The number of amides is 1. The van der Waals surface area contributed by atoms with Gasteiger partial charge in [0.25, 0.3) is 11.5 Å². The van der Waals surface area contributed by atoms with Gasteiger partial charge < -0.3 is 9.64 Å². The molecule has 2 aromatic heterocycles. The molecule has 2 aliphatic heterocycles. The number of rotatable bonds is 5. The fourth-order valence-electron chi connectivity index (χ4n) is 4.30. The smallest absolute Gasteiger partial charge is 0.267 e. The Morgan fingerprint density at radius 2 is 2.00 bits per heavy atom. The zero-order valence-electron chi connectivity index (χ0n) is 17.9. The molecule has 2 saturated heterocycles. The fourth-order valence-corrected chi connectivity index (χ4v) is 5.59. The zero-order valence-corrected chi connectivity index (χ0v) is 19.5. The first-order valence-corrected chi connectivity index (χ1v) is 11.6. The van der Waals surface area contributed by atoms with Crippen molar-refractivity contribution in [1.29, 1.82) is 0 Å². The summed E-state index contributed by atoms with van der Waals surface area (Å²) in [6.45, 7) is 6.88. The standard InChI is InChI=1S/C22H26N4O3S2/c1-14-10-15(2)13-24(12-14)19-16(20(27)25-7-5-4-6-18(25)23-19)11-17-21(28)26(8-9-29-3)22(30)31-17/h4-7,11,14-15H,8-10,12-13H2,1-3H3/b17-11-. The van der Waals surface area contributed by atoms with E-state index in [9.17, 15) is 9.59 Å². The minimum atomic E-state index is -0.198. The van der Waals surface area contributed by atoms with Crippen molar-refractivity contribution >= 4 is 51.7 Å². The molecule has 2 atom stereocenters. The molecular weight excluding hydrogens is 432 g/mol. The highest BCUT2D eigenvalue weighted by Gasteiger charge is 2.33. The summed E-state index contributed by atoms with van der Waals surface area (Å²) in [5.74, 6) is 1.44. The Bertz CT molecular complexity index is 1100. The number of thiocarbonyl (C=S) groups is 1. The monoisotopic (exact) mass is 458 g/mol. The van der Waals surface area contributed by atoms with Crippen LogP contribution < -0.4 is 10.5 Å². The van der Waals surface area contributed by atoms with Crippen LogP contribution in [0.4, 0.5) is 5.82 Å². The largest absolute Gasteiger partial charge is 0.383 e. The molecule has 0 spiro atoms. The van der Waals surface area contributed by atoms with Crippen molar-refractivity contribution in [2.24, 2.45) is 11.8 Å².